The van der Waals surface area contributed by atoms with Crippen LogP contribution >= 0.6 is 15.9 Å². The van der Waals surface area contributed by atoms with Gasteiger partial charge in [0, 0.05) is 23.0 Å². The number of pyridine rings is 1. The molecule has 3 aromatic rings. The van der Waals surface area contributed by atoms with Crippen LogP contribution in [0.1, 0.15) is 0 Å². The van der Waals surface area contributed by atoms with Crippen LogP contribution in [-0.4, -0.2) is 4.57 Å². The molecule has 0 saturated carbocycles. The third-order valence-electron chi connectivity index (χ3n) is 3.29. The zero-order valence-electron chi connectivity index (χ0n) is 10.4. The molecule has 0 saturated heterocycles. The maximum absolute atomic E-state index is 12.1. The predicted octanol–water partition coefficient (Wildman–Crippen LogP) is 3.97. The zero-order chi connectivity index (χ0) is 13.4. The lowest BCUT2D eigenvalue weighted by Gasteiger charge is -2.10. The minimum absolute atomic E-state index is 0.00803. The molecule has 1 aromatic heterocycles. The molecule has 0 fully saturated rings. The number of fused-ring (bicyclic) bond motifs is 1. The van der Waals surface area contributed by atoms with Gasteiger partial charge in [0.15, 0.2) is 0 Å². The van der Waals surface area contributed by atoms with Crippen molar-refractivity contribution in [3.05, 3.63) is 69.4 Å². The largest absolute Gasteiger partial charge is 0.311 e. The van der Waals surface area contributed by atoms with Crippen LogP contribution in [0.15, 0.2) is 63.9 Å². The fourth-order valence-corrected chi connectivity index (χ4v) is 2.65. The Morgan fingerprint density at radius 3 is 2.47 bits per heavy atom. The quantitative estimate of drug-likeness (QED) is 0.666. The van der Waals surface area contributed by atoms with Crippen molar-refractivity contribution in [2.75, 3.05) is 0 Å². The van der Waals surface area contributed by atoms with Gasteiger partial charge in [-0.2, -0.15) is 0 Å². The first-order valence-electron chi connectivity index (χ1n) is 6.01. The first-order valence-corrected chi connectivity index (χ1v) is 6.81. The molecule has 2 aromatic carbocycles. The van der Waals surface area contributed by atoms with Gasteiger partial charge >= 0.3 is 0 Å². The minimum atomic E-state index is 0.00803. The van der Waals surface area contributed by atoms with Crippen LogP contribution in [0.3, 0.4) is 0 Å². The Morgan fingerprint density at radius 2 is 1.74 bits per heavy atom. The van der Waals surface area contributed by atoms with E-state index < -0.39 is 0 Å². The number of rotatable bonds is 1. The number of aromatic nitrogens is 1. The summed E-state index contributed by atoms with van der Waals surface area (Å²) in [5.41, 5.74) is 2.98. The van der Waals surface area contributed by atoms with Crippen molar-refractivity contribution >= 4 is 26.8 Å². The molecule has 3 heteroatoms. The van der Waals surface area contributed by atoms with Crippen LogP contribution in [0.5, 0.6) is 0 Å². The first kappa shape index (κ1) is 12.2. The standard InChI is InChI=1S/C16H12BrNO/c1-18-15-8-7-12(17)9-14(15)13(10-16(18)19)11-5-3-2-4-6-11/h2-10H,1H3. The Bertz CT molecular complexity index is 806. The van der Waals surface area contributed by atoms with Crippen molar-refractivity contribution < 1.29 is 0 Å². The summed E-state index contributed by atoms with van der Waals surface area (Å²) in [6.45, 7) is 0. The highest BCUT2D eigenvalue weighted by atomic mass is 79.9. The van der Waals surface area contributed by atoms with Crippen LogP contribution < -0.4 is 5.56 Å². The van der Waals surface area contributed by atoms with Crippen molar-refractivity contribution in [1.82, 2.24) is 4.57 Å². The Balaban J connectivity index is 2.45. The molecule has 0 atom stereocenters. The second-order valence-corrected chi connectivity index (χ2v) is 5.40. The van der Waals surface area contributed by atoms with Gasteiger partial charge in [0.2, 0.25) is 0 Å². The summed E-state index contributed by atoms with van der Waals surface area (Å²) in [5.74, 6) is 0. The molecule has 94 valence electrons. The molecule has 0 aliphatic heterocycles. The highest BCUT2D eigenvalue weighted by Crippen LogP contribution is 2.28. The number of nitrogens with zero attached hydrogens (tertiary/aromatic N) is 1. The first-order chi connectivity index (χ1) is 9.16. The average Bonchev–Trinajstić information content (AvgIpc) is 2.43. The Labute approximate surface area is 119 Å². The van der Waals surface area contributed by atoms with Crippen molar-refractivity contribution in [2.24, 2.45) is 7.05 Å². The highest BCUT2D eigenvalue weighted by Gasteiger charge is 2.08. The molecule has 0 spiro atoms. The van der Waals surface area contributed by atoms with Gasteiger partial charge in [-0.25, -0.2) is 0 Å². The van der Waals surface area contributed by atoms with Gasteiger partial charge in [0.25, 0.3) is 5.56 Å². The van der Waals surface area contributed by atoms with Gasteiger partial charge in [0.1, 0.15) is 0 Å². The molecular weight excluding hydrogens is 302 g/mol. The number of hydrogen-bond acceptors (Lipinski definition) is 1. The van der Waals surface area contributed by atoms with Crippen LogP contribution in [0, 0.1) is 0 Å². The monoisotopic (exact) mass is 313 g/mol. The summed E-state index contributed by atoms with van der Waals surface area (Å²) in [6.07, 6.45) is 0. The van der Waals surface area contributed by atoms with Crippen molar-refractivity contribution in [3.8, 4) is 11.1 Å². The third-order valence-corrected chi connectivity index (χ3v) is 3.79. The van der Waals surface area contributed by atoms with Gasteiger partial charge < -0.3 is 4.57 Å². The van der Waals surface area contributed by atoms with Crippen LogP contribution in [0.4, 0.5) is 0 Å². The van der Waals surface area contributed by atoms with Crippen molar-refractivity contribution in [2.45, 2.75) is 0 Å². The predicted molar refractivity (Wildman–Crippen MR) is 82.3 cm³/mol. The number of halogens is 1. The molecule has 19 heavy (non-hydrogen) atoms. The molecule has 3 rings (SSSR count). The summed E-state index contributed by atoms with van der Waals surface area (Å²) in [6, 6.07) is 17.7. The fraction of sp³-hybridized carbons (Fsp3) is 0.0625. The van der Waals surface area contributed by atoms with E-state index in [1.807, 2.05) is 42.5 Å². The summed E-state index contributed by atoms with van der Waals surface area (Å²) in [5, 5.41) is 1.07. The Kier molecular flexibility index (Phi) is 2.99. The Hall–Kier alpha value is -1.87. The highest BCUT2D eigenvalue weighted by molar-refractivity contribution is 9.10. The van der Waals surface area contributed by atoms with Gasteiger partial charge in [-0.15, -0.1) is 0 Å². The molecule has 0 radical (unpaired) electrons. The molecule has 0 amide bonds. The number of benzene rings is 2. The Morgan fingerprint density at radius 1 is 1.00 bits per heavy atom. The van der Waals surface area contributed by atoms with E-state index in [4.69, 9.17) is 0 Å². The lowest BCUT2D eigenvalue weighted by Crippen LogP contribution is -2.16. The van der Waals surface area contributed by atoms with E-state index in [2.05, 4.69) is 22.0 Å². The second-order valence-electron chi connectivity index (χ2n) is 4.48. The molecule has 1 heterocycles. The van der Waals surface area contributed by atoms with Gasteiger partial charge in [-0.1, -0.05) is 46.3 Å². The van der Waals surface area contributed by atoms with Crippen LogP contribution in [0.2, 0.25) is 0 Å². The van der Waals surface area contributed by atoms with E-state index in [1.54, 1.807) is 17.7 Å². The molecule has 0 unspecified atom stereocenters. The minimum Gasteiger partial charge on any atom is -0.311 e. The fourth-order valence-electron chi connectivity index (χ4n) is 2.29. The van der Waals surface area contributed by atoms with Crippen molar-refractivity contribution in [1.29, 1.82) is 0 Å². The lowest BCUT2D eigenvalue weighted by atomic mass is 10.0. The van der Waals surface area contributed by atoms with E-state index in [0.717, 1.165) is 26.5 Å². The summed E-state index contributed by atoms with van der Waals surface area (Å²) >= 11 is 3.49. The topological polar surface area (TPSA) is 22.0 Å². The smallest absolute Gasteiger partial charge is 0.251 e. The van der Waals surface area contributed by atoms with Gasteiger partial charge in [0.05, 0.1) is 5.52 Å². The lowest BCUT2D eigenvalue weighted by molar-refractivity contribution is 0.907. The molecule has 0 aliphatic carbocycles. The SMILES string of the molecule is Cn1c(=O)cc(-c2ccccc2)c2cc(Br)ccc21. The zero-order valence-corrected chi connectivity index (χ0v) is 12.0. The van der Waals surface area contributed by atoms with E-state index in [1.165, 1.54) is 0 Å². The van der Waals surface area contributed by atoms with E-state index in [0.29, 0.717) is 0 Å². The van der Waals surface area contributed by atoms with Gasteiger partial charge in [-0.05, 0) is 29.3 Å². The summed E-state index contributed by atoms with van der Waals surface area (Å²) in [7, 11) is 1.80. The molecule has 0 N–H and O–H groups in total. The third kappa shape index (κ3) is 2.10. The normalized spacial score (nSPS) is 10.8. The van der Waals surface area contributed by atoms with Crippen LogP contribution in [0.25, 0.3) is 22.0 Å². The number of aryl methyl sites for hydroxylation is 1. The van der Waals surface area contributed by atoms with Crippen molar-refractivity contribution in [3.63, 3.8) is 0 Å². The maximum atomic E-state index is 12.1. The second kappa shape index (κ2) is 4.67. The van der Waals surface area contributed by atoms with E-state index in [9.17, 15) is 4.79 Å². The molecule has 0 aliphatic rings. The summed E-state index contributed by atoms with van der Waals surface area (Å²) < 4.78 is 2.68. The average molecular weight is 314 g/mol. The molecular formula is C16H12BrNO. The van der Waals surface area contributed by atoms with E-state index in [-0.39, 0.29) is 5.56 Å². The summed E-state index contributed by atoms with van der Waals surface area (Å²) in [4.78, 5) is 12.1. The van der Waals surface area contributed by atoms with E-state index >= 15 is 0 Å². The number of hydrogen-bond donors (Lipinski definition) is 0. The van der Waals surface area contributed by atoms with Crippen LogP contribution in [-0.2, 0) is 7.05 Å². The molecule has 0 bridgehead atoms. The maximum Gasteiger partial charge on any atom is 0.251 e. The molecule has 2 nitrogen and oxygen atoms in total. The van der Waals surface area contributed by atoms with Gasteiger partial charge in [-0.3, -0.25) is 4.79 Å².